The number of fused-ring (bicyclic) bond motifs is 2. The van der Waals surface area contributed by atoms with Crippen LogP contribution in [0.25, 0.3) is 10.2 Å². The third-order valence-corrected chi connectivity index (χ3v) is 7.25. The van der Waals surface area contributed by atoms with Crippen LogP contribution in [0, 0.1) is 0 Å². The van der Waals surface area contributed by atoms with Gasteiger partial charge in [-0.2, -0.15) is 0 Å². The van der Waals surface area contributed by atoms with Gasteiger partial charge in [-0.1, -0.05) is 30.7 Å². The zero-order valence-electron chi connectivity index (χ0n) is 15.1. The van der Waals surface area contributed by atoms with Crippen molar-refractivity contribution in [3.8, 4) is 0 Å². The number of hydrogen-bond donors (Lipinski definition) is 2. The highest BCUT2D eigenvalue weighted by atomic mass is 35.5. The van der Waals surface area contributed by atoms with Crippen LogP contribution in [0.1, 0.15) is 24.3 Å². The van der Waals surface area contributed by atoms with Crippen LogP contribution in [-0.2, 0) is 9.59 Å². The van der Waals surface area contributed by atoms with E-state index >= 15 is 0 Å². The van der Waals surface area contributed by atoms with Gasteiger partial charge in [0.05, 0.1) is 26.2 Å². The van der Waals surface area contributed by atoms with Crippen molar-refractivity contribution in [3.05, 3.63) is 52.5 Å². The number of carbonyl (C=O) groups excluding carboxylic acids is 2. The van der Waals surface area contributed by atoms with E-state index in [1.54, 1.807) is 23.5 Å². The number of nitrogens with one attached hydrogen (secondary N) is 2. The molecule has 0 unspecified atom stereocenters. The summed E-state index contributed by atoms with van der Waals surface area (Å²) in [4.78, 5) is 30.2. The van der Waals surface area contributed by atoms with Crippen molar-refractivity contribution in [2.24, 2.45) is 0 Å². The van der Waals surface area contributed by atoms with Gasteiger partial charge in [0.1, 0.15) is 0 Å². The van der Waals surface area contributed by atoms with E-state index in [0.717, 1.165) is 20.1 Å². The normalized spacial score (nSPS) is 17.1. The van der Waals surface area contributed by atoms with Crippen molar-refractivity contribution in [1.82, 2.24) is 10.3 Å². The number of carbonyl (C=O) groups is 2. The molecule has 144 valence electrons. The summed E-state index contributed by atoms with van der Waals surface area (Å²) in [6.45, 7) is 2.53. The Morgan fingerprint density at radius 2 is 2.14 bits per heavy atom. The van der Waals surface area contributed by atoms with Crippen LogP contribution in [0.2, 0.25) is 5.02 Å². The number of anilines is 1. The van der Waals surface area contributed by atoms with Crippen LogP contribution in [0.5, 0.6) is 0 Å². The van der Waals surface area contributed by atoms with Crippen molar-refractivity contribution in [2.45, 2.75) is 29.4 Å². The molecule has 2 amide bonds. The van der Waals surface area contributed by atoms with Gasteiger partial charge in [0, 0.05) is 28.8 Å². The number of thiazole rings is 1. The van der Waals surface area contributed by atoms with Crippen molar-refractivity contribution < 1.29 is 9.59 Å². The predicted molar refractivity (Wildman–Crippen MR) is 115 cm³/mol. The fraction of sp³-hybridized carbons (Fsp3) is 0.250. The quantitative estimate of drug-likeness (QED) is 0.615. The largest absolute Gasteiger partial charge is 0.355 e. The SMILES string of the molecule is C[C@H](CNC(=O)C[C@H]1Sc2ccc(Cl)cc2NC1=O)c1nc2ccccc2s1. The molecule has 2 atom stereocenters. The number of amides is 2. The maximum absolute atomic E-state index is 12.4. The monoisotopic (exact) mass is 431 g/mol. The summed E-state index contributed by atoms with van der Waals surface area (Å²) in [5, 5.41) is 6.88. The number of para-hydroxylation sites is 1. The second kappa shape index (κ2) is 8.11. The summed E-state index contributed by atoms with van der Waals surface area (Å²) in [5.41, 5.74) is 1.68. The van der Waals surface area contributed by atoms with Gasteiger partial charge < -0.3 is 10.6 Å². The lowest BCUT2D eigenvalue weighted by Crippen LogP contribution is -2.36. The van der Waals surface area contributed by atoms with E-state index in [1.807, 2.05) is 37.3 Å². The van der Waals surface area contributed by atoms with Crippen LogP contribution >= 0.6 is 34.7 Å². The Morgan fingerprint density at radius 3 is 2.96 bits per heavy atom. The Balaban J connectivity index is 1.34. The van der Waals surface area contributed by atoms with Gasteiger partial charge in [-0.3, -0.25) is 9.59 Å². The van der Waals surface area contributed by atoms with Gasteiger partial charge in [0.15, 0.2) is 0 Å². The second-order valence-corrected chi connectivity index (χ2v) is 9.41. The number of rotatable bonds is 5. The van der Waals surface area contributed by atoms with E-state index in [2.05, 4.69) is 15.6 Å². The smallest absolute Gasteiger partial charge is 0.238 e. The first kappa shape index (κ1) is 19.2. The molecule has 0 aliphatic carbocycles. The van der Waals surface area contributed by atoms with E-state index < -0.39 is 5.25 Å². The van der Waals surface area contributed by atoms with Crippen LogP contribution in [0.15, 0.2) is 47.4 Å². The molecule has 0 saturated carbocycles. The van der Waals surface area contributed by atoms with Crippen LogP contribution in [0.4, 0.5) is 5.69 Å². The van der Waals surface area contributed by atoms with Gasteiger partial charge in [0.25, 0.3) is 0 Å². The van der Waals surface area contributed by atoms with Crippen molar-refractivity contribution in [1.29, 1.82) is 0 Å². The minimum Gasteiger partial charge on any atom is -0.355 e. The maximum atomic E-state index is 12.4. The van der Waals surface area contributed by atoms with E-state index in [-0.39, 0.29) is 24.2 Å². The molecule has 1 aliphatic rings. The molecular formula is C20H18ClN3O2S2. The van der Waals surface area contributed by atoms with Gasteiger partial charge in [-0.05, 0) is 30.3 Å². The van der Waals surface area contributed by atoms with Crippen LogP contribution in [-0.4, -0.2) is 28.6 Å². The molecule has 4 rings (SSSR count). The highest BCUT2D eigenvalue weighted by Gasteiger charge is 2.29. The third-order valence-electron chi connectivity index (χ3n) is 4.47. The first-order chi connectivity index (χ1) is 13.5. The minimum absolute atomic E-state index is 0.108. The van der Waals surface area contributed by atoms with Crippen LogP contribution < -0.4 is 10.6 Å². The second-order valence-electron chi connectivity index (χ2n) is 6.67. The first-order valence-electron chi connectivity index (χ1n) is 8.89. The average molecular weight is 432 g/mol. The molecule has 0 saturated heterocycles. The molecule has 2 aromatic carbocycles. The third kappa shape index (κ3) is 4.16. The lowest BCUT2D eigenvalue weighted by Gasteiger charge is -2.24. The highest BCUT2D eigenvalue weighted by molar-refractivity contribution is 8.01. The number of aromatic nitrogens is 1. The Hall–Kier alpha value is -2.09. The van der Waals surface area contributed by atoms with E-state index in [1.165, 1.54) is 11.8 Å². The Labute approximate surface area is 175 Å². The van der Waals surface area contributed by atoms with E-state index in [0.29, 0.717) is 17.3 Å². The lowest BCUT2D eigenvalue weighted by atomic mass is 10.2. The Morgan fingerprint density at radius 1 is 1.32 bits per heavy atom. The number of benzene rings is 2. The molecule has 0 spiro atoms. The maximum Gasteiger partial charge on any atom is 0.238 e. The molecule has 0 bridgehead atoms. The summed E-state index contributed by atoms with van der Waals surface area (Å²) < 4.78 is 1.14. The summed E-state index contributed by atoms with van der Waals surface area (Å²) in [7, 11) is 0. The van der Waals surface area contributed by atoms with Crippen molar-refractivity contribution in [3.63, 3.8) is 0 Å². The number of nitrogens with zero attached hydrogens (tertiary/aromatic N) is 1. The molecule has 2 heterocycles. The summed E-state index contributed by atoms with van der Waals surface area (Å²) >= 11 is 9.00. The van der Waals surface area contributed by atoms with E-state index in [9.17, 15) is 9.59 Å². The standard InChI is InChI=1S/C20H18ClN3O2S2/c1-11(20-24-13-4-2-3-5-15(13)28-20)10-22-18(25)9-17-19(26)23-14-8-12(21)6-7-16(14)27-17/h2-8,11,17H,9-10H2,1H3,(H,22,25)(H,23,26)/t11-,17-/m1/s1. The van der Waals surface area contributed by atoms with Gasteiger partial charge in [-0.25, -0.2) is 4.98 Å². The molecule has 5 nitrogen and oxygen atoms in total. The fourth-order valence-electron chi connectivity index (χ4n) is 2.95. The zero-order valence-corrected chi connectivity index (χ0v) is 17.5. The number of hydrogen-bond acceptors (Lipinski definition) is 5. The number of halogens is 1. The highest BCUT2D eigenvalue weighted by Crippen LogP contribution is 2.38. The fourth-order valence-corrected chi connectivity index (χ4v) is 5.23. The van der Waals surface area contributed by atoms with Crippen molar-refractivity contribution in [2.75, 3.05) is 11.9 Å². The molecule has 2 N–H and O–H groups in total. The molecule has 28 heavy (non-hydrogen) atoms. The molecular weight excluding hydrogens is 414 g/mol. The molecule has 1 aromatic heterocycles. The summed E-state index contributed by atoms with van der Waals surface area (Å²) in [5.74, 6) is -0.204. The zero-order chi connectivity index (χ0) is 19.7. The minimum atomic E-state index is -0.452. The average Bonchev–Trinajstić information content (AvgIpc) is 3.11. The van der Waals surface area contributed by atoms with E-state index in [4.69, 9.17) is 11.6 Å². The van der Waals surface area contributed by atoms with Gasteiger partial charge >= 0.3 is 0 Å². The van der Waals surface area contributed by atoms with Crippen molar-refractivity contribution >= 4 is 62.4 Å². The predicted octanol–water partition coefficient (Wildman–Crippen LogP) is 4.67. The Kier molecular flexibility index (Phi) is 5.57. The lowest BCUT2D eigenvalue weighted by molar-refractivity contribution is -0.124. The molecule has 0 fully saturated rings. The first-order valence-corrected chi connectivity index (χ1v) is 11.0. The van der Waals surface area contributed by atoms with Crippen LogP contribution in [0.3, 0.4) is 0 Å². The molecule has 0 radical (unpaired) electrons. The molecule has 8 heteroatoms. The van der Waals surface area contributed by atoms with Gasteiger partial charge in [0.2, 0.25) is 11.8 Å². The molecule has 1 aliphatic heterocycles. The Bertz CT molecular complexity index is 1020. The molecule has 3 aromatic rings. The summed E-state index contributed by atoms with van der Waals surface area (Å²) in [6, 6.07) is 13.4. The van der Waals surface area contributed by atoms with Gasteiger partial charge in [-0.15, -0.1) is 23.1 Å². The summed E-state index contributed by atoms with van der Waals surface area (Å²) in [6.07, 6.45) is 0.130. The number of thioether (sulfide) groups is 1. The topological polar surface area (TPSA) is 71.1 Å².